The molecule has 2 aliphatic rings. The maximum absolute atomic E-state index is 8.95. The lowest BCUT2D eigenvalue weighted by atomic mass is 9.84. The van der Waals surface area contributed by atoms with Crippen molar-refractivity contribution in [1.82, 2.24) is 0 Å². The van der Waals surface area contributed by atoms with Crippen molar-refractivity contribution < 1.29 is 57.6 Å². The van der Waals surface area contributed by atoms with Crippen LogP contribution in [0.2, 0.25) is 0 Å². The Kier molecular flexibility index (Phi) is 33.7. The highest BCUT2D eigenvalue weighted by atomic mass is 32.2. The van der Waals surface area contributed by atoms with Crippen molar-refractivity contribution in [3.05, 3.63) is 95.1 Å². The van der Waals surface area contributed by atoms with Gasteiger partial charge in [-0.1, -0.05) is 201 Å². The van der Waals surface area contributed by atoms with Crippen LogP contribution in [-0.4, -0.2) is 129 Å². The van der Waals surface area contributed by atoms with E-state index in [1.165, 1.54) is 116 Å². The zero-order valence-corrected chi connectivity index (χ0v) is 50.2. The Morgan fingerprint density at radius 1 is 0.275 bits per heavy atom. The van der Waals surface area contributed by atoms with Gasteiger partial charge in [0.2, 0.25) is 0 Å². The molecule has 0 spiro atoms. The molecule has 12 nitrogen and oxygen atoms in total. The molecular weight excluding hydrogens is 1050 g/mol. The van der Waals surface area contributed by atoms with Crippen molar-refractivity contribution in [3.63, 3.8) is 0 Å². The number of ether oxygens (including phenoxy) is 10. The van der Waals surface area contributed by atoms with Gasteiger partial charge in [0.1, 0.15) is 36.2 Å². The lowest BCUT2D eigenvalue weighted by Gasteiger charge is -2.32. The van der Waals surface area contributed by atoms with Gasteiger partial charge in [-0.3, -0.25) is 0 Å². The third-order valence-corrected chi connectivity index (χ3v) is 16.6. The van der Waals surface area contributed by atoms with Gasteiger partial charge in [-0.25, -0.2) is 0 Å². The molecule has 0 fully saturated rings. The topological polar surface area (TPSA) is 133 Å². The van der Waals surface area contributed by atoms with E-state index in [4.69, 9.17) is 57.6 Å². The van der Waals surface area contributed by atoms with Gasteiger partial charge in [0.25, 0.3) is 0 Å². The van der Waals surface area contributed by atoms with Crippen molar-refractivity contribution in [2.24, 2.45) is 0 Å². The molecule has 80 heavy (non-hydrogen) atoms. The smallest absolute Gasteiger partial charge is 0.133 e. The van der Waals surface area contributed by atoms with Gasteiger partial charge in [-0.05, 0) is 48.3 Å². The normalized spacial score (nSPS) is 12.6. The Bertz CT molecular complexity index is 2010. The van der Waals surface area contributed by atoms with Crippen LogP contribution < -0.4 is 18.9 Å². The SMILES string of the molecule is CCCCCCCCCCCCOc1cccc2c1Sc1c(OCCCCCCCCCCCC)cccc1C2=C1c2cccc(OCCOCCOCCOCCO)c2Sc2c(OCCOCCOCCOCCO)cccc21. The van der Waals surface area contributed by atoms with Gasteiger partial charge < -0.3 is 57.6 Å². The number of benzene rings is 4. The lowest BCUT2D eigenvalue weighted by molar-refractivity contribution is 0.00347. The molecule has 0 aliphatic carbocycles. The monoisotopic (exact) mass is 1140 g/mol. The molecule has 0 atom stereocenters. The van der Waals surface area contributed by atoms with Crippen LogP contribution in [0.25, 0.3) is 11.1 Å². The zero-order chi connectivity index (χ0) is 55.9. The number of aliphatic hydroxyl groups is 2. The minimum Gasteiger partial charge on any atom is -0.492 e. The molecule has 0 unspecified atom stereocenters. The first-order chi connectivity index (χ1) is 39.7. The van der Waals surface area contributed by atoms with Crippen LogP contribution in [0.1, 0.15) is 165 Å². The molecule has 2 N–H and O–H groups in total. The zero-order valence-electron chi connectivity index (χ0n) is 48.6. The summed E-state index contributed by atoms with van der Waals surface area (Å²) in [6, 6.07) is 25.8. The number of unbranched alkanes of at least 4 members (excludes halogenated alkanes) is 18. The fraction of sp³-hybridized carbons (Fsp3) is 0.606. The number of rotatable bonds is 48. The van der Waals surface area contributed by atoms with Crippen molar-refractivity contribution in [3.8, 4) is 23.0 Å². The highest BCUT2D eigenvalue weighted by Crippen LogP contribution is 2.59. The Morgan fingerprint density at radius 3 is 0.787 bits per heavy atom. The molecule has 2 heterocycles. The van der Waals surface area contributed by atoms with Crippen LogP contribution in [-0.2, 0) is 28.4 Å². The molecule has 6 rings (SSSR count). The second-order valence-electron chi connectivity index (χ2n) is 20.4. The molecular formula is C66H96O12S2. The summed E-state index contributed by atoms with van der Waals surface area (Å²) >= 11 is 3.44. The summed E-state index contributed by atoms with van der Waals surface area (Å²) in [4.78, 5) is 4.21. The standard InChI is InChI=1S/C66H96O12S2/c1-3-5-7-9-11-13-15-17-19-21-37-75-57-31-23-27-53-61(54-28-24-32-58(64(54)79-63(53)57)76-38-22-20-18-16-14-12-10-8-6-4-2)62-55-29-25-33-59(77-51-49-73-47-45-71-43-41-69-39-35-67)65(55)80-66-56(62)30-26-34-60(66)78-52-50-74-48-46-72-44-42-70-40-36-68/h23-34,67-68H,3-22,35-52H2,1-2H3. The number of hydrogen-bond acceptors (Lipinski definition) is 14. The first-order valence-electron chi connectivity index (χ1n) is 30.5. The van der Waals surface area contributed by atoms with Crippen LogP contribution in [0.4, 0.5) is 0 Å². The Labute approximate surface area is 488 Å². The second-order valence-corrected chi connectivity index (χ2v) is 22.4. The fourth-order valence-electron chi connectivity index (χ4n) is 9.94. The quantitative estimate of drug-likeness (QED) is 0.0351. The van der Waals surface area contributed by atoms with Crippen molar-refractivity contribution in [1.29, 1.82) is 0 Å². The minimum atomic E-state index is -0.00272. The average molecular weight is 1150 g/mol. The van der Waals surface area contributed by atoms with E-state index in [-0.39, 0.29) is 13.2 Å². The molecule has 0 bridgehead atoms. The van der Waals surface area contributed by atoms with Crippen molar-refractivity contribution in [2.75, 3.05) is 119 Å². The van der Waals surface area contributed by atoms with Gasteiger partial charge in [0, 0.05) is 22.3 Å². The number of aliphatic hydroxyl groups excluding tert-OH is 2. The van der Waals surface area contributed by atoms with E-state index in [1.807, 2.05) is 12.1 Å². The summed E-state index contributed by atoms with van der Waals surface area (Å²) < 4.78 is 60.7. The van der Waals surface area contributed by atoms with Gasteiger partial charge in [0.15, 0.2) is 0 Å². The first-order valence-corrected chi connectivity index (χ1v) is 32.2. The molecule has 444 valence electrons. The maximum Gasteiger partial charge on any atom is 0.133 e. The molecule has 2 aliphatic heterocycles. The highest BCUT2D eigenvalue weighted by molar-refractivity contribution is 8.00. The largest absolute Gasteiger partial charge is 0.492 e. The Morgan fingerprint density at radius 2 is 0.512 bits per heavy atom. The van der Waals surface area contributed by atoms with Crippen molar-refractivity contribution in [2.45, 2.75) is 162 Å². The van der Waals surface area contributed by atoms with E-state index in [9.17, 15) is 0 Å². The third kappa shape index (κ3) is 22.7. The minimum absolute atomic E-state index is 0.00272. The molecule has 0 saturated heterocycles. The molecule has 0 saturated carbocycles. The maximum atomic E-state index is 8.95. The fourth-order valence-corrected chi connectivity index (χ4v) is 12.4. The van der Waals surface area contributed by atoms with Gasteiger partial charge >= 0.3 is 0 Å². The van der Waals surface area contributed by atoms with E-state index in [0.717, 1.165) is 88.8 Å². The van der Waals surface area contributed by atoms with E-state index < -0.39 is 0 Å². The molecule has 14 heteroatoms. The van der Waals surface area contributed by atoms with Gasteiger partial charge in [-0.15, -0.1) is 0 Å². The van der Waals surface area contributed by atoms with E-state index in [2.05, 4.69) is 74.5 Å². The van der Waals surface area contributed by atoms with E-state index >= 15 is 0 Å². The lowest BCUT2D eigenvalue weighted by Crippen LogP contribution is -2.14. The van der Waals surface area contributed by atoms with Crippen LogP contribution in [0.3, 0.4) is 0 Å². The summed E-state index contributed by atoms with van der Waals surface area (Å²) in [5, 5.41) is 17.9. The predicted octanol–water partition coefficient (Wildman–Crippen LogP) is 15.1. The highest BCUT2D eigenvalue weighted by Gasteiger charge is 2.35. The van der Waals surface area contributed by atoms with E-state index in [1.54, 1.807) is 23.5 Å². The average Bonchev–Trinajstić information content (AvgIpc) is 3.63. The van der Waals surface area contributed by atoms with Crippen LogP contribution in [0, 0.1) is 0 Å². The molecule has 4 aromatic rings. The Hall–Kier alpha value is -3.80. The first kappa shape index (κ1) is 65.4. The van der Waals surface area contributed by atoms with Crippen LogP contribution >= 0.6 is 23.5 Å². The summed E-state index contributed by atoms with van der Waals surface area (Å²) in [5.74, 6) is 3.34. The number of hydrogen-bond donors (Lipinski definition) is 2. The van der Waals surface area contributed by atoms with Crippen molar-refractivity contribution >= 4 is 34.7 Å². The van der Waals surface area contributed by atoms with Gasteiger partial charge in [-0.2, -0.15) is 0 Å². The van der Waals surface area contributed by atoms with Crippen LogP contribution in [0.15, 0.2) is 92.4 Å². The third-order valence-electron chi connectivity index (χ3n) is 14.1. The molecule has 0 aromatic heterocycles. The molecule has 4 aromatic carbocycles. The Balaban J connectivity index is 1.28. The second kappa shape index (κ2) is 41.2. The van der Waals surface area contributed by atoms with E-state index in [0.29, 0.717) is 106 Å². The predicted molar refractivity (Wildman–Crippen MR) is 324 cm³/mol. The summed E-state index contributed by atoms with van der Waals surface area (Å²) in [5.41, 5.74) is 6.61. The summed E-state index contributed by atoms with van der Waals surface area (Å²) in [6.07, 6.45) is 25.5. The van der Waals surface area contributed by atoms with Gasteiger partial charge in [0.05, 0.1) is 125 Å². The summed E-state index contributed by atoms with van der Waals surface area (Å²) in [6.45, 7) is 11.5. The van der Waals surface area contributed by atoms with Crippen LogP contribution in [0.5, 0.6) is 23.0 Å². The molecule has 0 radical (unpaired) electrons. The summed E-state index contributed by atoms with van der Waals surface area (Å²) in [7, 11) is 0. The number of fused-ring (bicyclic) bond motifs is 4. The molecule has 0 amide bonds.